The minimum absolute atomic E-state index is 0.226. The second-order valence-electron chi connectivity index (χ2n) is 7.53. The Morgan fingerprint density at radius 2 is 1.74 bits per heavy atom. The predicted molar refractivity (Wildman–Crippen MR) is 139 cm³/mol. The first-order chi connectivity index (χ1) is 16.3. The summed E-state index contributed by atoms with van der Waals surface area (Å²) in [7, 11) is 1.21. The molecule has 3 aromatic carbocycles. The van der Waals surface area contributed by atoms with Crippen LogP contribution >= 0.6 is 43.6 Å². The first-order valence-electron chi connectivity index (χ1n) is 10.2. The topological polar surface area (TPSA) is 72.9 Å². The van der Waals surface area contributed by atoms with Crippen LogP contribution in [-0.4, -0.2) is 35.2 Å². The minimum atomic E-state index is -0.993. The third-order valence-electron chi connectivity index (χ3n) is 5.27. The average molecular weight is 605 g/mol. The summed E-state index contributed by atoms with van der Waals surface area (Å²) in [6, 6.07) is 16.9. The van der Waals surface area contributed by atoms with Crippen molar-refractivity contribution < 1.29 is 23.9 Å². The quantitative estimate of drug-likeness (QED) is 0.235. The number of hydrogen-bond donors (Lipinski definition) is 0. The number of ether oxygens (including phenoxy) is 2. The summed E-state index contributed by atoms with van der Waals surface area (Å²) in [4.78, 5) is 38.0. The monoisotopic (exact) mass is 603 g/mol. The number of esters is 1. The number of hydrogen-bond acceptors (Lipinski definition) is 6. The highest BCUT2D eigenvalue weighted by Crippen LogP contribution is 2.38. The van der Waals surface area contributed by atoms with Gasteiger partial charge in [0.05, 0.1) is 21.0 Å². The number of amides is 2. The third-order valence-corrected chi connectivity index (χ3v) is 7.33. The molecule has 6 nitrogen and oxygen atoms in total. The number of rotatable bonds is 6. The first-order valence-corrected chi connectivity index (χ1v) is 12.6. The van der Waals surface area contributed by atoms with Crippen molar-refractivity contribution in [2.24, 2.45) is 0 Å². The van der Waals surface area contributed by atoms with Gasteiger partial charge in [0.2, 0.25) is 0 Å². The van der Waals surface area contributed by atoms with Crippen molar-refractivity contribution >= 4 is 77.6 Å². The van der Waals surface area contributed by atoms with E-state index in [1.54, 1.807) is 18.2 Å². The molecule has 0 N–H and O–H groups in total. The summed E-state index contributed by atoms with van der Waals surface area (Å²) in [5.41, 5.74) is 1.73. The van der Waals surface area contributed by atoms with E-state index in [4.69, 9.17) is 4.74 Å². The third kappa shape index (κ3) is 5.06. The summed E-state index contributed by atoms with van der Waals surface area (Å²) in [6.45, 7) is 1.84. The van der Waals surface area contributed by atoms with Gasteiger partial charge in [-0.2, -0.15) is 0 Å². The Balaban J connectivity index is 1.52. The van der Waals surface area contributed by atoms with Crippen molar-refractivity contribution in [3.05, 3.63) is 79.6 Å². The minimum Gasteiger partial charge on any atom is -0.487 e. The van der Waals surface area contributed by atoms with E-state index in [0.29, 0.717) is 26.9 Å². The Bertz CT molecular complexity index is 1320. The van der Waals surface area contributed by atoms with Crippen molar-refractivity contribution in [1.29, 1.82) is 0 Å². The largest absolute Gasteiger partial charge is 0.487 e. The molecule has 0 aliphatic carbocycles. The van der Waals surface area contributed by atoms with Gasteiger partial charge in [-0.05, 0) is 96.7 Å². The van der Waals surface area contributed by atoms with Crippen LogP contribution < -0.4 is 4.74 Å². The Kier molecular flexibility index (Phi) is 7.45. The molecule has 0 spiro atoms. The zero-order chi connectivity index (χ0) is 24.4. The second kappa shape index (κ2) is 10.3. The molecule has 9 heteroatoms. The van der Waals surface area contributed by atoms with Gasteiger partial charge in [0.25, 0.3) is 11.1 Å². The fourth-order valence-corrected chi connectivity index (χ4v) is 5.88. The van der Waals surface area contributed by atoms with Crippen molar-refractivity contribution in [2.75, 3.05) is 7.11 Å². The second-order valence-corrected chi connectivity index (χ2v) is 10.2. The van der Waals surface area contributed by atoms with E-state index in [1.165, 1.54) is 19.4 Å². The number of thioether (sulfide) groups is 1. The van der Waals surface area contributed by atoms with Crippen LogP contribution in [0.15, 0.2) is 68.4 Å². The molecule has 1 atom stereocenters. The number of halogens is 2. The fourth-order valence-electron chi connectivity index (χ4n) is 3.53. The lowest BCUT2D eigenvalue weighted by Crippen LogP contribution is -2.42. The molecule has 4 rings (SSSR count). The summed E-state index contributed by atoms with van der Waals surface area (Å²) in [6.07, 6.45) is 1.61. The Hall–Kier alpha value is -2.62. The van der Waals surface area contributed by atoms with Crippen LogP contribution in [0, 0.1) is 0 Å². The van der Waals surface area contributed by atoms with Crippen LogP contribution in [0.25, 0.3) is 16.8 Å². The molecule has 0 saturated carbocycles. The van der Waals surface area contributed by atoms with E-state index in [-0.39, 0.29) is 4.91 Å². The molecule has 34 heavy (non-hydrogen) atoms. The van der Waals surface area contributed by atoms with E-state index in [2.05, 4.69) is 60.9 Å². The van der Waals surface area contributed by atoms with Crippen molar-refractivity contribution in [3.63, 3.8) is 0 Å². The van der Waals surface area contributed by atoms with Gasteiger partial charge in [-0.15, -0.1) is 0 Å². The Morgan fingerprint density at radius 1 is 1.06 bits per heavy atom. The summed E-state index contributed by atoms with van der Waals surface area (Å²) < 4.78 is 12.1. The van der Waals surface area contributed by atoms with E-state index in [1.807, 2.05) is 18.2 Å². The van der Waals surface area contributed by atoms with E-state index in [0.717, 1.165) is 27.6 Å². The predicted octanol–water partition coefficient (Wildman–Crippen LogP) is 6.54. The lowest BCUT2D eigenvalue weighted by molar-refractivity contribution is -0.148. The molecule has 1 saturated heterocycles. The van der Waals surface area contributed by atoms with Gasteiger partial charge in [0.1, 0.15) is 18.4 Å². The van der Waals surface area contributed by atoms with Gasteiger partial charge in [-0.25, -0.2) is 4.79 Å². The maximum atomic E-state index is 12.7. The number of benzene rings is 3. The van der Waals surface area contributed by atoms with E-state index in [9.17, 15) is 14.4 Å². The van der Waals surface area contributed by atoms with Crippen LogP contribution in [0.4, 0.5) is 4.79 Å². The van der Waals surface area contributed by atoms with Gasteiger partial charge < -0.3 is 9.47 Å². The van der Waals surface area contributed by atoms with E-state index < -0.39 is 23.2 Å². The molecule has 2 amide bonds. The van der Waals surface area contributed by atoms with Crippen LogP contribution in [0.2, 0.25) is 0 Å². The zero-order valence-electron chi connectivity index (χ0n) is 18.2. The zero-order valence-corrected chi connectivity index (χ0v) is 22.2. The smallest absolute Gasteiger partial charge is 0.328 e. The van der Waals surface area contributed by atoms with Crippen LogP contribution in [0.5, 0.6) is 5.75 Å². The maximum Gasteiger partial charge on any atom is 0.328 e. The highest BCUT2D eigenvalue weighted by molar-refractivity contribution is 9.11. The lowest BCUT2D eigenvalue weighted by atomic mass is 10.1. The maximum absolute atomic E-state index is 12.7. The molecule has 1 heterocycles. The number of imide groups is 1. The summed E-state index contributed by atoms with van der Waals surface area (Å²) in [5, 5.41) is 1.80. The van der Waals surface area contributed by atoms with Gasteiger partial charge >= 0.3 is 5.97 Å². The Morgan fingerprint density at radius 3 is 2.41 bits per heavy atom. The van der Waals surface area contributed by atoms with Gasteiger partial charge in [0.15, 0.2) is 0 Å². The molecule has 0 radical (unpaired) electrons. The SMILES string of the molecule is COC(=O)[C@H](C)N1C(=O)S/C(=C/c2cc(Br)c(OCc3ccc4ccccc4c3)c(Br)c2)C1=O. The molecular weight excluding hydrogens is 586 g/mol. The van der Waals surface area contributed by atoms with E-state index >= 15 is 0 Å². The number of methoxy groups -OCH3 is 1. The molecular formula is C25H19Br2NO5S. The highest BCUT2D eigenvalue weighted by atomic mass is 79.9. The molecule has 174 valence electrons. The van der Waals surface area contributed by atoms with Crippen LogP contribution in [-0.2, 0) is 20.9 Å². The summed E-state index contributed by atoms with van der Waals surface area (Å²) >= 11 is 7.86. The number of nitrogens with zero attached hydrogens (tertiary/aromatic N) is 1. The van der Waals surface area contributed by atoms with Crippen LogP contribution in [0.1, 0.15) is 18.1 Å². The lowest BCUT2D eigenvalue weighted by Gasteiger charge is -2.18. The number of fused-ring (bicyclic) bond motifs is 1. The van der Waals surface area contributed by atoms with Gasteiger partial charge in [-0.3, -0.25) is 14.5 Å². The first kappa shape index (κ1) is 24.5. The highest BCUT2D eigenvalue weighted by Gasteiger charge is 2.41. The summed E-state index contributed by atoms with van der Waals surface area (Å²) in [5.74, 6) is -0.559. The molecule has 1 aliphatic rings. The van der Waals surface area contributed by atoms with Crippen molar-refractivity contribution in [2.45, 2.75) is 19.6 Å². The van der Waals surface area contributed by atoms with Gasteiger partial charge in [0, 0.05) is 0 Å². The average Bonchev–Trinajstić information content (AvgIpc) is 3.09. The number of carbonyl (C=O) groups is 3. The molecule has 0 unspecified atom stereocenters. The molecule has 1 fully saturated rings. The Labute approximate surface area is 217 Å². The molecule has 0 bridgehead atoms. The molecule has 3 aromatic rings. The fraction of sp³-hybridized carbons (Fsp3) is 0.160. The standard InChI is InChI=1S/C25H19Br2NO5S/c1-14(24(30)32-2)28-23(29)21(34-25(28)31)12-16-10-19(26)22(20(27)11-16)33-13-15-7-8-17-5-3-4-6-18(17)9-15/h3-12,14H,13H2,1-2H3/b21-12+/t14-/m0/s1. The molecule has 0 aromatic heterocycles. The van der Waals surface area contributed by atoms with Crippen molar-refractivity contribution in [1.82, 2.24) is 4.90 Å². The van der Waals surface area contributed by atoms with Gasteiger partial charge in [-0.1, -0.05) is 36.4 Å². The number of carbonyl (C=O) groups excluding carboxylic acids is 3. The molecule has 1 aliphatic heterocycles. The van der Waals surface area contributed by atoms with Crippen LogP contribution in [0.3, 0.4) is 0 Å². The normalized spacial score (nSPS) is 15.8. The van der Waals surface area contributed by atoms with Crippen molar-refractivity contribution in [3.8, 4) is 5.75 Å².